The molecule has 174 valence electrons. The zero-order chi connectivity index (χ0) is 22.9. The van der Waals surface area contributed by atoms with Crippen molar-refractivity contribution in [2.24, 2.45) is 0 Å². The van der Waals surface area contributed by atoms with Crippen molar-refractivity contribution in [1.82, 2.24) is 9.80 Å². The van der Waals surface area contributed by atoms with Crippen molar-refractivity contribution in [3.05, 3.63) is 29.8 Å². The van der Waals surface area contributed by atoms with Gasteiger partial charge in [-0.1, -0.05) is 17.7 Å². The number of likely N-dealkylation sites (tertiary alicyclic amines) is 2. The third kappa shape index (κ3) is 6.20. The van der Waals surface area contributed by atoms with Crippen molar-refractivity contribution in [1.29, 1.82) is 0 Å². The van der Waals surface area contributed by atoms with E-state index in [1.807, 2.05) is 27.7 Å². The molecule has 0 radical (unpaired) electrons. The van der Waals surface area contributed by atoms with Gasteiger partial charge in [0.05, 0.1) is 11.0 Å². The van der Waals surface area contributed by atoms with Gasteiger partial charge in [-0.2, -0.15) is 8.42 Å². The molecule has 2 fully saturated rings. The first-order valence-corrected chi connectivity index (χ1v) is 12.5. The highest BCUT2D eigenvalue weighted by Gasteiger charge is 2.40. The molecular formula is C23H36N2O5S. The molecule has 3 rings (SSSR count). The number of carbonyl (C=O) groups excluding carboxylic acids is 1. The Morgan fingerprint density at radius 3 is 2.10 bits per heavy atom. The summed E-state index contributed by atoms with van der Waals surface area (Å²) in [6.45, 7) is 12.7. The molecule has 0 aliphatic carbocycles. The SMILES string of the molecule is Cc1ccc(S(=O)(=O)OC2CCN(C3(C)CCN(C(=O)OC(C)(C)C)CC3)CC2)cc1. The predicted octanol–water partition coefficient (Wildman–Crippen LogP) is 3.95. The zero-order valence-corrected chi connectivity index (χ0v) is 20.2. The van der Waals surface area contributed by atoms with Crippen LogP contribution in [0.5, 0.6) is 0 Å². The summed E-state index contributed by atoms with van der Waals surface area (Å²) in [5, 5.41) is 0. The largest absolute Gasteiger partial charge is 0.444 e. The molecular weight excluding hydrogens is 416 g/mol. The van der Waals surface area contributed by atoms with Crippen molar-refractivity contribution < 1.29 is 22.1 Å². The average molecular weight is 453 g/mol. The highest BCUT2D eigenvalue weighted by Crippen LogP contribution is 2.33. The minimum atomic E-state index is -3.74. The first-order valence-electron chi connectivity index (χ1n) is 11.1. The number of hydrogen-bond acceptors (Lipinski definition) is 6. The Kier molecular flexibility index (Phi) is 7.03. The van der Waals surface area contributed by atoms with E-state index < -0.39 is 15.7 Å². The highest BCUT2D eigenvalue weighted by molar-refractivity contribution is 7.86. The molecule has 8 heteroatoms. The fourth-order valence-electron chi connectivity index (χ4n) is 4.25. The monoisotopic (exact) mass is 452 g/mol. The normalized spacial score (nSPS) is 21.1. The Balaban J connectivity index is 1.50. The maximum Gasteiger partial charge on any atom is 0.410 e. The summed E-state index contributed by atoms with van der Waals surface area (Å²) in [6, 6.07) is 6.76. The summed E-state index contributed by atoms with van der Waals surface area (Å²) in [6.07, 6.45) is 2.56. The summed E-state index contributed by atoms with van der Waals surface area (Å²) in [5.41, 5.74) is 0.524. The first kappa shape index (κ1) is 24.0. The summed E-state index contributed by atoms with van der Waals surface area (Å²) in [7, 11) is -3.74. The van der Waals surface area contributed by atoms with Gasteiger partial charge in [-0.05, 0) is 72.4 Å². The summed E-state index contributed by atoms with van der Waals surface area (Å²) < 4.78 is 36.2. The molecule has 2 heterocycles. The molecule has 1 aromatic rings. The van der Waals surface area contributed by atoms with Crippen LogP contribution in [0.2, 0.25) is 0 Å². The van der Waals surface area contributed by atoms with E-state index in [0.717, 1.165) is 31.5 Å². The van der Waals surface area contributed by atoms with Crippen molar-refractivity contribution in [2.75, 3.05) is 26.2 Å². The minimum absolute atomic E-state index is 0.000680. The lowest BCUT2D eigenvalue weighted by molar-refractivity contribution is -0.0168. The second-order valence-corrected chi connectivity index (χ2v) is 11.6. The van der Waals surface area contributed by atoms with Crippen LogP contribution < -0.4 is 0 Å². The topological polar surface area (TPSA) is 76.2 Å². The van der Waals surface area contributed by atoms with Crippen LogP contribution in [0.3, 0.4) is 0 Å². The van der Waals surface area contributed by atoms with E-state index in [9.17, 15) is 13.2 Å². The molecule has 0 N–H and O–H groups in total. The molecule has 7 nitrogen and oxygen atoms in total. The Bertz CT molecular complexity index is 860. The first-order chi connectivity index (χ1) is 14.4. The van der Waals surface area contributed by atoms with Gasteiger partial charge in [0.15, 0.2) is 0 Å². The molecule has 31 heavy (non-hydrogen) atoms. The number of hydrogen-bond donors (Lipinski definition) is 0. The number of rotatable bonds is 4. The van der Waals surface area contributed by atoms with Crippen LogP contribution >= 0.6 is 0 Å². The molecule has 0 unspecified atom stereocenters. The van der Waals surface area contributed by atoms with Gasteiger partial charge in [0, 0.05) is 31.7 Å². The fourth-order valence-corrected chi connectivity index (χ4v) is 5.38. The quantitative estimate of drug-likeness (QED) is 0.644. The van der Waals surface area contributed by atoms with E-state index in [4.69, 9.17) is 8.92 Å². The Morgan fingerprint density at radius 1 is 1.03 bits per heavy atom. The Labute approximate surface area is 186 Å². The van der Waals surface area contributed by atoms with Gasteiger partial charge >= 0.3 is 6.09 Å². The maximum atomic E-state index is 12.6. The molecule has 0 bridgehead atoms. The summed E-state index contributed by atoms with van der Waals surface area (Å²) in [5.74, 6) is 0. The third-order valence-corrected chi connectivity index (χ3v) is 7.65. The van der Waals surface area contributed by atoms with Crippen molar-refractivity contribution in [3.8, 4) is 0 Å². The molecule has 0 atom stereocenters. The molecule has 2 aliphatic rings. The lowest BCUT2D eigenvalue weighted by Crippen LogP contribution is -2.57. The average Bonchev–Trinajstić information content (AvgIpc) is 2.67. The molecule has 0 aromatic heterocycles. The number of amides is 1. The minimum Gasteiger partial charge on any atom is -0.444 e. The van der Waals surface area contributed by atoms with Crippen molar-refractivity contribution in [2.45, 2.75) is 82.4 Å². The van der Waals surface area contributed by atoms with E-state index in [1.165, 1.54) is 0 Å². The van der Waals surface area contributed by atoms with Crippen LogP contribution in [0.4, 0.5) is 4.79 Å². The fraction of sp³-hybridized carbons (Fsp3) is 0.696. The van der Waals surface area contributed by atoms with Crippen molar-refractivity contribution in [3.63, 3.8) is 0 Å². The van der Waals surface area contributed by atoms with Gasteiger partial charge in [-0.25, -0.2) is 4.79 Å². The number of piperidine rings is 2. The molecule has 0 saturated carbocycles. The van der Waals surface area contributed by atoms with E-state index in [0.29, 0.717) is 25.9 Å². The second-order valence-electron chi connectivity index (χ2n) is 10.0. The number of aryl methyl sites for hydroxylation is 1. The molecule has 2 aliphatic heterocycles. The van der Waals surface area contributed by atoms with Gasteiger partial charge < -0.3 is 9.64 Å². The molecule has 0 spiro atoms. The van der Waals surface area contributed by atoms with E-state index in [1.54, 1.807) is 29.2 Å². The summed E-state index contributed by atoms with van der Waals surface area (Å²) >= 11 is 0. The molecule has 2 saturated heterocycles. The molecule has 1 aromatic carbocycles. The van der Waals surface area contributed by atoms with Crippen LogP contribution in [0.25, 0.3) is 0 Å². The third-order valence-electron chi connectivity index (χ3n) is 6.27. The van der Waals surface area contributed by atoms with Gasteiger partial charge in [0.2, 0.25) is 0 Å². The standard InChI is InChI=1S/C23H36N2O5S/c1-18-6-8-20(9-7-18)31(27,28)30-19-10-14-25(15-11-19)23(5)12-16-24(17-13-23)21(26)29-22(2,3)4/h6-9,19H,10-17H2,1-5H3. The van der Waals surface area contributed by atoms with E-state index >= 15 is 0 Å². The highest BCUT2D eigenvalue weighted by atomic mass is 32.2. The zero-order valence-electron chi connectivity index (χ0n) is 19.4. The smallest absolute Gasteiger partial charge is 0.410 e. The van der Waals surface area contributed by atoms with Gasteiger partial charge in [-0.3, -0.25) is 9.08 Å². The predicted molar refractivity (Wildman–Crippen MR) is 119 cm³/mol. The van der Waals surface area contributed by atoms with Gasteiger partial charge in [0.25, 0.3) is 10.1 Å². The van der Waals surface area contributed by atoms with Crippen molar-refractivity contribution >= 4 is 16.2 Å². The van der Waals surface area contributed by atoms with Gasteiger partial charge in [0.1, 0.15) is 5.60 Å². The van der Waals surface area contributed by atoms with Crippen LogP contribution in [0, 0.1) is 6.92 Å². The van der Waals surface area contributed by atoms with Crippen LogP contribution in [0.15, 0.2) is 29.2 Å². The molecule has 1 amide bonds. The van der Waals surface area contributed by atoms with Crippen LogP contribution in [-0.2, 0) is 19.0 Å². The van der Waals surface area contributed by atoms with E-state index in [-0.39, 0.29) is 22.6 Å². The number of nitrogens with zero attached hydrogens (tertiary/aromatic N) is 2. The lowest BCUT2D eigenvalue weighted by atomic mass is 9.86. The number of ether oxygens (including phenoxy) is 1. The van der Waals surface area contributed by atoms with Crippen LogP contribution in [-0.4, -0.2) is 67.7 Å². The second kappa shape index (κ2) is 9.08. The van der Waals surface area contributed by atoms with Gasteiger partial charge in [-0.15, -0.1) is 0 Å². The van der Waals surface area contributed by atoms with Crippen LogP contribution in [0.1, 0.15) is 58.9 Å². The Morgan fingerprint density at radius 2 is 1.58 bits per heavy atom. The maximum absolute atomic E-state index is 12.6. The number of benzene rings is 1. The Hall–Kier alpha value is -1.64. The summed E-state index contributed by atoms with van der Waals surface area (Å²) in [4.78, 5) is 16.8. The lowest BCUT2D eigenvalue weighted by Gasteiger charge is -2.49. The number of carbonyl (C=O) groups is 1. The van der Waals surface area contributed by atoms with E-state index in [2.05, 4.69) is 11.8 Å².